The zero-order valence-electron chi connectivity index (χ0n) is 79.5. The average Bonchev–Trinajstić information content (AvgIpc) is 1.86. The number of nitrogens with zero attached hydrogens (tertiary/aromatic N) is 6. The predicted octanol–water partition coefficient (Wildman–Crippen LogP) is 32.6. The molecule has 0 atom stereocenters. The normalized spacial score (nSPS) is 13.7. The number of nitrogens with one attached hydrogen (secondary N) is 3. The van der Waals surface area contributed by atoms with Gasteiger partial charge in [0.25, 0.3) is 0 Å². The number of ether oxygens (including phenoxy) is 1. The molecule has 6 aliphatic heterocycles. The Morgan fingerprint density at radius 1 is 0.337 bits per heavy atom. The van der Waals surface area contributed by atoms with Gasteiger partial charge in [-0.1, -0.05) is 376 Å². The minimum absolute atomic E-state index is 0.172. The van der Waals surface area contributed by atoms with E-state index in [1.165, 1.54) is 131 Å². The van der Waals surface area contributed by atoms with Crippen LogP contribution >= 0.6 is 0 Å². The van der Waals surface area contributed by atoms with Crippen molar-refractivity contribution >= 4 is 43.4 Å². The highest BCUT2D eigenvalue weighted by Gasteiger charge is 2.02. The van der Waals surface area contributed by atoms with E-state index in [0.29, 0.717) is 6.42 Å². The SMILES string of the molecule is C1=NCCNN1.C1=NNCCO1.C=C1C=CCC1.C=C1C=CCCC1.C=C1C=NCC1.C=C1CCC=N1.C=C1CCCC1.C=C1CCCC=N1.C=C1CCCCC1.CC.CC.CC.CC.CC.CC.CC.CC.CC.CC.CC.CC.CC.CC.CC.CC.CC.CC.CC.CC.O=C1C=NCCC1. The standard InChI is InChI=1S/C7H12.C7H10.C6H9N.C6H10.C6H8.C5H7NO.2C5H7N.C3H7N3.C3H6N2O.20C2H6/c2*1-7-5-3-2-4-6-7;1-6-4-2-3-5-7-6;2*1-6-4-2-3-5-6;7-5-2-1-3-6-4-5;1-5-2-3-6-4-5;1-5-3-2-4-6-5;1-2-5-6-3-4-1;1-2-6-3-5-4-1;20*1-2/h1-6H2;3,5H,1-2,4,6H2;5H,1-4H2;1-5H2;2,4H,1,3,5H2;4H,1-3H2;2*4H,1-3H2;3,5H,1-2H2,(H,4,6);3-4H,1-2H2;20*1-2H3. The molecule has 11 heteroatoms. The van der Waals surface area contributed by atoms with Gasteiger partial charge in [-0.2, -0.15) is 0 Å². The Kier molecular flexibility index (Phi) is 300. The maximum absolute atomic E-state index is 10.3. The molecular weight excluding hydrogens is 1280 g/mol. The Morgan fingerprint density at radius 2 is 0.731 bits per heavy atom. The number of hydrazone groups is 1. The van der Waals surface area contributed by atoms with Crippen molar-refractivity contribution in [2.24, 2.45) is 30.1 Å². The molecule has 2 fully saturated rings. The van der Waals surface area contributed by atoms with Crippen LogP contribution < -0.4 is 16.3 Å². The molecule has 0 amide bonds. The maximum atomic E-state index is 10.3. The molecule has 6 heterocycles. The largest absolute Gasteiger partial charge is 0.480 e. The summed E-state index contributed by atoms with van der Waals surface area (Å²) in [5.74, 6) is 0.172. The molecule has 10 aliphatic rings. The molecule has 104 heavy (non-hydrogen) atoms. The van der Waals surface area contributed by atoms with Gasteiger partial charge in [0.15, 0.2) is 12.2 Å². The summed E-state index contributed by atoms with van der Waals surface area (Å²) in [5, 5.41) is 3.58. The molecule has 11 nitrogen and oxygen atoms in total. The molecule has 0 saturated heterocycles. The molecule has 0 aromatic rings. The summed E-state index contributed by atoms with van der Waals surface area (Å²) in [6.45, 7) is 112. The highest BCUT2D eigenvalue weighted by molar-refractivity contribution is 6.27. The first-order valence-corrected chi connectivity index (χ1v) is 43.6. The Hall–Kier alpha value is -5.29. The van der Waals surface area contributed by atoms with E-state index in [0.717, 1.165) is 94.8 Å². The van der Waals surface area contributed by atoms with Gasteiger partial charge >= 0.3 is 0 Å². The van der Waals surface area contributed by atoms with Gasteiger partial charge in [0.2, 0.25) is 0 Å². The highest BCUT2D eigenvalue weighted by Crippen LogP contribution is 2.21. The van der Waals surface area contributed by atoms with Crippen LogP contribution in [0.5, 0.6) is 0 Å². The number of carbonyl (C=O) groups is 1. The number of aliphatic imine (C=N–C) groups is 5. The number of hydrogen-bond acceptors (Lipinski definition) is 11. The summed E-state index contributed by atoms with van der Waals surface area (Å²) in [7, 11) is 0. The Morgan fingerprint density at radius 3 is 0.856 bits per heavy atom. The van der Waals surface area contributed by atoms with Gasteiger partial charge in [0.05, 0.1) is 25.6 Å². The van der Waals surface area contributed by atoms with Crippen LogP contribution in [0, 0.1) is 0 Å². The maximum Gasteiger partial charge on any atom is 0.192 e. The van der Waals surface area contributed by atoms with Crippen molar-refractivity contribution in [3.8, 4) is 0 Å². The lowest BCUT2D eigenvalue weighted by molar-refractivity contribution is -0.112. The fourth-order valence-electron chi connectivity index (χ4n) is 6.14. The zero-order valence-corrected chi connectivity index (χ0v) is 79.5. The lowest BCUT2D eigenvalue weighted by atomic mass is 9.97. The first kappa shape index (κ1) is 152. The fraction of sp³-hybridized carbons (Fsp3) is 0.731. The summed E-state index contributed by atoms with van der Waals surface area (Å²) in [6, 6.07) is 0. The van der Waals surface area contributed by atoms with Crippen molar-refractivity contribution in [1.82, 2.24) is 16.3 Å². The number of allylic oxidation sites excluding steroid dienone is 10. The summed E-state index contributed by atoms with van der Waals surface area (Å²) in [5.41, 5.74) is 17.1. The van der Waals surface area contributed by atoms with Crippen LogP contribution in [0.15, 0.2) is 140 Å². The lowest BCUT2D eigenvalue weighted by Crippen LogP contribution is -2.36. The van der Waals surface area contributed by atoms with E-state index in [2.05, 4.69) is 117 Å². The monoisotopic (exact) mass is 1480 g/mol. The quantitative estimate of drug-likeness (QED) is 0.208. The molecule has 2 saturated carbocycles. The summed E-state index contributed by atoms with van der Waals surface area (Å²) < 4.78 is 4.72. The van der Waals surface area contributed by atoms with Crippen LogP contribution in [0.25, 0.3) is 0 Å². The molecule has 0 aromatic carbocycles. The summed E-state index contributed by atoms with van der Waals surface area (Å²) >= 11 is 0. The van der Waals surface area contributed by atoms with Gasteiger partial charge in [0.1, 0.15) is 6.61 Å². The second kappa shape index (κ2) is 205. The first-order valence-electron chi connectivity index (χ1n) is 43.6. The minimum Gasteiger partial charge on any atom is -0.480 e. The number of Topliss-reactive ketones (excluding diaryl/α,β-unsaturated/α-hetero) is 1. The van der Waals surface area contributed by atoms with Crippen molar-refractivity contribution in [3.05, 3.63) is 110 Å². The second-order valence-electron chi connectivity index (χ2n) is 16.2. The Balaban J connectivity index is -0.0000000398. The van der Waals surface area contributed by atoms with Crippen LogP contribution in [0.3, 0.4) is 0 Å². The van der Waals surface area contributed by atoms with Crippen molar-refractivity contribution in [3.63, 3.8) is 0 Å². The number of hydrazine groups is 1. The van der Waals surface area contributed by atoms with Crippen molar-refractivity contribution in [2.45, 2.75) is 418 Å². The zero-order chi connectivity index (χ0) is 86.6. The van der Waals surface area contributed by atoms with Gasteiger partial charge in [-0.05, 0) is 134 Å². The van der Waals surface area contributed by atoms with Gasteiger partial charge < -0.3 is 15.6 Å². The Labute approximate surface area is 662 Å². The number of rotatable bonds is 0. The molecular formula is C93H203N9O2. The molecule has 4 aliphatic carbocycles. The van der Waals surface area contributed by atoms with Crippen LogP contribution in [-0.2, 0) is 9.53 Å². The van der Waals surface area contributed by atoms with Gasteiger partial charge in [-0.25, -0.2) is 5.43 Å². The topological polar surface area (TPSA) is 137 Å². The molecule has 0 unspecified atom stereocenters. The van der Waals surface area contributed by atoms with E-state index >= 15 is 0 Å². The van der Waals surface area contributed by atoms with Gasteiger partial charge in [-0.3, -0.25) is 29.8 Å². The first-order chi connectivity index (χ1) is 51.2. The third kappa shape index (κ3) is 199. The van der Waals surface area contributed by atoms with E-state index in [4.69, 9.17) is 4.74 Å². The van der Waals surface area contributed by atoms with Gasteiger partial charge in [0, 0.05) is 56.1 Å². The van der Waals surface area contributed by atoms with Crippen LogP contribution in [0.1, 0.15) is 418 Å². The molecule has 632 valence electrons. The van der Waals surface area contributed by atoms with Crippen molar-refractivity contribution in [1.29, 1.82) is 0 Å². The van der Waals surface area contributed by atoms with E-state index < -0.39 is 0 Å². The van der Waals surface area contributed by atoms with Crippen LogP contribution in [0.4, 0.5) is 0 Å². The van der Waals surface area contributed by atoms with Gasteiger partial charge in [-0.15, -0.1) is 5.10 Å². The lowest BCUT2D eigenvalue weighted by Gasteiger charge is -2.10. The average molecular weight is 1480 g/mol. The predicted molar refractivity (Wildman–Crippen MR) is 506 cm³/mol. The van der Waals surface area contributed by atoms with Crippen molar-refractivity contribution in [2.75, 3.05) is 39.3 Å². The third-order valence-corrected chi connectivity index (χ3v) is 9.94. The van der Waals surface area contributed by atoms with Crippen LogP contribution in [-0.4, -0.2) is 82.7 Å². The molecule has 0 spiro atoms. The van der Waals surface area contributed by atoms with E-state index in [1.807, 2.05) is 296 Å². The summed E-state index contributed by atoms with van der Waals surface area (Å²) in [6.07, 6.45) is 45.3. The van der Waals surface area contributed by atoms with E-state index in [-0.39, 0.29) is 5.78 Å². The Bertz CT molecular complexity index is 1470. The smallest absolute Gasteiger partial charge is 0.192 e. The van der Waals surface area contributed by atoms with E-state index in [1.54, 1.807) is 6.34 Å². The number of ketones is 1. The van der Waals surface area contributed by atoms with Crippen molar-refractivity contribution < 1.29 is 9.53 Å². The summed E-state index contributed by atoms with van der Waals surface area (Å²) in [4.78, 5) is 29.8. The fourth-order valence-corrected chi connectivity index (χ4v) is 6.14. The molecule has 0 bridgehead atoms. The second-order valence-corrected chi connectivity index (χ2v) is 16.2. The minimum atomic E-state index is 0.172. The molecule has 0 aromatic heterocycles. The van der Waals surface area contributed by atoms with E-state index in [9.17, 15) is 4.79 Å². The highest BCUT2D eigenvalue weighted by atomic mass is 16.5. The number of hydrogen-bond donors (Lipinski definition) is 3. The molecule has 0 radical (unpaired) electrons. The molecule has 10 rings (SSSR count). The third-order valence-electron chi connectivity index (χ3n) is 9.94. The number of carbonyl (C=O) groups excluding carboxylic acids is 1. The molecule has 3 N–H and O–H groups in total. The van der Waals surface area contributed by atoms with Crippen LogP contribution in [0.2, 0.25) is 0 Å².